The number of hydrogen-bond acceptors (Lipinski definition) is 6. The minimum Gasteiger partial charge on any atom is -0.463 e. The molecule has 1 aliphatic rings. The molecule has 0 saturated heterocycles. The van der Waals surface area contributed by atoms with Gasteiger partial charge in [0, 0.05) is 5.70 Å². The number of rotatable bonds is 5. The van der Waals surface area contributed by atoms with Crippen molar-refractivity contribution in [2.75, 3.05) is 6.61 Å². The van der Waals surface area contributed by atoms with E-state index in [4.69, 9.17) is 4.74 Å². The van der Waals surface area contributed by atoms with Crippen molar-refractivity contribution >= 4 is 11.9 Å². The molecule has 0 unspecified atom stereocenters. The van der Waals surface area contributed by atoms with Gasteiger partial charge in [-0.25, -0.2) is 19.9 Å². The number of guanidine groups is 1. The smallest absolute Gasteiger partial charge is 0.337 e. The third-order valence-corrected chi connectivity index (χ3v) is 2.58. The van der Waals surface area contributed by atoms with E-state index in [0.29, 0.717) is 17.7 Å². The van der Waals surface area contributed by atoms with Gasteiger partial charge in [0.05, 0.1) is 18.2 Å². The average Bonchev–Trinajstić information content (AvgIpc) is 2.27. The second kappa shape index (κ2) is 6.72. The van der Waals surface area contributed by atoms with Gasteiger partial charge in [0.1, 0.15) is 0 Å². The maximum Gasteiger partial charge on any atom is 0.337 e. The molecule has 106 valence electrons. The zero-order valence-electron chi connectivity index (χ0n) is 11.2. The summed E-state index contributed by atoms with van der Waals surface area (Å²) < 4.78 is 4.98. The standard InChI is InChI=1S/C11H18N4O4/c1-4-6-8-9(10(16)19-5-2)7(3)12-11(13-8)14-15(17)18/h8H,4-6H2,1-3H3,(H2,12,13,14)/t8-/m0/s1. The van der Waals surface area contributed by atoms with E-state index in [1.165, 1.54) is 0 Å². The number of hydrogen-bond donors (Lipinski definition) is 2. The van der Waals surface area contributed by atoms with Crippen molar-refractivity contribution in [2.24, 2.45) is 4.99 Å². The van der Waals surface area contributed by atoms with Crippen molar-refractivity contribution in [1.82, 2.24) is 10.7 Å². The molecule has 1 atom stereocenters. The minimum absolute atomic E-state index is 0.0361. The van der Waals surface area contributed by atoms with Gasteiger partial charge in [-0.3, -0.25) is 0 Å². The van der Waals surface area contributed by atoms with E-state index in [1.54, 1.807) is 13.8 Å². The average molecular weight is 270 g/mol. The van der Waals surface area contributed by atoms with Crippen molar-refractivity contribution in [3.63, 3.8) is 0 Å². The fourth-order valence-electron chi connectivity index (χ4n) is 1.87. The van der Waals surface area contributed by atoms with Crippen LogP contribution in [0.2, 0.25) is 0 Å². The highest BCUT2D eigenvalue weighted by molar-refractivity contribution is 5.94. The molecule has 0 aromatic heterocycles. The number of nitrogens with one attached hydrogen (secondary N) is 2. The Morgan fingerprint density at radius 2 is 2.26 bits per heavy atom. The van der Waals surface area contributed by atoms with Gasteiger partial charge >= 0.3 is 5.97 Å². The van der Waals surface area contributed by atoms with Crippen LogP contribution in [0, 0.1) is 10.1 Å². The molecule has 2 N–H and O–H groups in total. The van der Waals surface area contributed by atoms with Crippen LogP contribution in [0.15, 0.2) is 16.3 Å². The van der Waals surface area contributed by atoms with Crippen molar-refractivity contribution in [3.8, 4) is 0 Å². The van der Waals surface area contributed by atoms with E-state index in [9.17, 15) is 14.9 Å². The molecule has 0 aliphatic carbocycles. The Morgan fingerprint density at radius 3 is 2.79 bits per heavy atom. The SMILES string of the molecule is CCC[C@@H]1N=C(N[N+](=O)[O-])NC(C)=C1C(=O)OCC. The van der Waals surface area contributed by atoms with Crippen molar-refractivity contribution in [2.45, 2.75) is 39.7 Å². The van der Waals surface area contributed by atoms with Gasteiger partial charge in [-0.2, -0.15) is 0 Å². The molecule has 0 saturated carbocycles. The first-order valence-electron chi connectivity index (χ1n) is 6.13. The molecule has 0 spiro atoms. The number of nitro groups is 1. The zero-order valence-corrected chi connectivity index (χ0v) is 11.2. The molecular weight excluding hydrogens is 252 g/mol. The lowest BCUT2D eigenvalue weighted by Gasteiger charge is -2.23. The Bertz CT molecular complexity index is 430. The summed E-state index contributed by atoms with van der Waals surface area (Å²) in [6, 6.07) is -0.423. The molecular formula is C11H18N4O4. The van der Waals surface area contributed by atoms with Gasteiger partial charge in [-0.1, -0.05) is 18.8 Å². The minimum atomic E-state index is -0.697. The van der Waals surface area contributed by atoms with Crippen LogP contribution in [0.4, 0.5) is 0 Å². The summed E-state index contributed by atoms with van der Waals surface area (Å²) in [5, 5.41) is 12.4. The Morgan fingerprint density at radius 1 is 1.58 bits per heavy atom. The number of nitrogens with zero attached hydrogens (tertiary/aromatic N) is 2. The molecule has 1 aliphatic heterocycles. The highest BCUT2D eigenvalue weighted by Crippen LogP contribution is 2.20. The lowest BCUT2D eigenvalue weighted by molar-refractivity contribution is -0.525. The normalized spacial score (nSPS) is 18.5. The Hall–Kier alpha value is -2.12. The predicted molar refractivity (Wildman–Crippen MR) is 68.7 cm³/mol. The second-order valence-corrected chi connectivity index (χ2v) is 4.04. The van der Waals surface area contributed by atoms with Gasteiger partial charge in [0.25, 0.3) is 5.96 Å². The molecule has 0 amide bonds. The number of aliphatic imine (C=N–C) groups is 1. The Balaban J connectivity index is 2.96. The number of hydrazine groups is 1. The van der Waals surface area contributed by atoms with Gasteiger partial charge in [0.15, 0.2) is 5.03 Å². The van der Waals surface area contributed by atoms with Crippen LogP contribution >= 0.6 is 0 Å². The van der Waals surface area contributed by atoms with E-state index < -0.39 is 17.0 Å². The number of allylic oxidation sites excluding steroid dienone is 1. The highest BCUT2D eigenvalue weighted by atomic mass is 16.7. The maximum absolute atomic E-state index is 11.9. The fraction of sp³-hybridized carbons (Fsp3) is 0.636. The van der Waals surface area contributed by atoms with Gasteiger partial charge in [-0.05, 0) is 20.3 Å². The summed E-state index contributed by atoms with van der Waals surface area (Å²) in [4.78, 5) is 26.4. The third kappa shape index (κ3) is 3.94. The molecule has 0 bridgehead atoms. The van der Waals surface area contributed by atoms with Crippen LogP contribution in [0.3, 0.4) is 0 Å². The molecule has 8 heteroatoms. The number of ether oxygens (including phenoxy) is 1. The lowest BCUT2D eigenvalue weighted by Crippen LogP contribution is -2.45. The first-order chi connectivity index (χ1) is 8.99. The van der Waals surface area contributed by atoms with Crippen LogP contribution in [0.25, 0.3) is 0 Å². The Kier molecular flexibility index (Phi) is 5.28. The first-order valence-corrected chi connectivity index (χ1v) is 6.13. The zero-order chi connectivity index (χ0) is 14.4. The van der Waals surface area contributed by atoms with E-state index in [1.807, 2.05) is 12.3 Å². The first kappa shape index (κ1) is 14.9. The van der Waals surface area contributed by atoms with Gasteiger partial charge < -0.3 is 10.1 Å². The van der Waals surface area contributed by atoms with Crippen LogP contribution in [-0.2, 0) is 9.53 Å². The molecule has 8 nitrogen and oxygen atoms in total. The summed E-state index contributed by atoms with van der Waals surface area (Å²) >= 11 is 0. The molecule has 1 rings (SSSR count). The van der Waals surface area contributed by atoms with Gasteiger partial charge in [-0.15, -0.1) is 0 Å². The summed E-state index contributed by atoms with van der Waals surface area (Å²) in [7, 11) is 0. The molecule has 0 aromatic rings. The summed E-state index contributed by atoms with van der Waals surface area (Å²) in [6.45, 7) is 5.63. The number of carbonyl (C=O) groups excluding carboxylic acids is 1. The molecule has 0 aromatic carbocycles. The van der Waals surface area contributed by atoms with Crippen molar-refractivity contribution in [3.05, 3.63) is 21.4 Å². The fourth-order valence-corrected chi connectivity index (χ4v) is 1.87. The summed E-state index contributed by atoms with van der Waals surface area (Å²) in [5.74, 6) is -0.399. The van der Waals surface area contributed by atoms with Crippen molar-refractivity contribution < 1.29 is 14.6 Å². The Labute approximate surface area is 111 Å². The second-order valence-electron chi connectivity index (χ2n) is 4.04. The number of esters is 1. The largest absolute Gasteiger partial charge is 0.463 e. The van der Waals surface area contributed by atoms with Crippen molar-refractivity contribution in [1.29, 1.82) is 0 Å². The topological polar surface area (TPSA) is 106 Å². The number of carbonyl (C=O) groups is 1. The third-order valence-electron chi connectivity index (χ3n) is 2.58. The lowest BCUT2D eigenvalue weighted by atomic mass is 10.00. The molecule has 1 heterocycles. The summed E-state index contributed by atoms with van der Waals surface area (Å²) in [5.41, 5.74) is 2.92. The van der Waals surface area contributed by atoms with E-state index >= 15 is 0 Å². The van der Waals surface area contributed by atoms with Crippen LogP contribution in [0.1, 0.15) is 33.6 Å². The van der Waals surface area contributed by atoms with E-state index in [2.05, 4.69) is 10.3 Å². The van der Waals surface area contributed by atoms with E-state index in [-0.39, 0.29) is 12.6 Å². The van der Waals surface area contributed by atoms with Crippen LogP contribution in [-0.4, -0.2) is 29.6 Å². The van der Waals surface area contributed by atoms with Crippen LogP contribution in [0.5, 0.6) is 0 Å². The molecule has 19 heavy (non-hydrogen) atoms. The van der Waals surface area contributed by atoms with E-state index in [0.717, 1.165) is 6.42 Å². The molecule has 0 radical (unpaired) electrons. The summed E-state index contributed by atoms with van der Waals surface area (Å²) in [6.07, 6.45) is 1.42. The molecule has 0 fully saturated rings. The quantitative estimate of drug-likeness (QED) is 0.433. The monoisotopic (exact) mass is 270 g/mol. The maximum atomic E-state index is 11.9. The highest BCUT2D eigenvalue weighted by Gasteiger charge is 2.29. The predicted octanol–water partition coefficient (Wildman–Crippen LogP) is 0.733. The van der Waals surface area contributed by atoms with Crippen LogP contribution < -0.4 is 10.7 Å². The van der Waals surface area contributed by atoms with Gasteiger partial charge in [0.2, 0.25) is 0 Å².